The lowest BCUT2D eigenvalue weighted by Gasteiger charge is -2.42. The number of allylic oxidation sites excluding steroid dienone is 6. The second-order valence-electron chi connectivity index (χ2n) is 37.2. The average molecular weight is 1840 g/mol. The lowest BCUT2D eigenvalue weighted by atomic mass is 9.80. The lowest BCUT2D eigenvalue weighted by molar-refractivity contribution is -0.265. The highest BCUT2D eigenvalue weighted by molar-refractivity contribution is 6.39. The van der Waals surface area contributed by atoms with E-state index in [9.17, 15) is 53.7 Å². The topological polar surface area (TPSA) is 468 Å². The number of esters is 1. The SMILES string of the molecule is CO[C@H]1C[C@@H]2CC[C@@H](C)[C@@](O)(O2)C(=O)C(=O)N2CCCC[C@H]2C(=O)O[C@H]([C@H](N)C[C@@H]2CC[C@@H](OC(=O)N3CCc4nc(N5CCN(c6ncc(C(=O)N7CCN(c8ncc(C(=O)N9CCc%10cc(Cn%11nc(-c%12cnc%13[nH]ccc%13c%12)c%12c(N)ncnc%12%11)ccc%10C9)cn8)CC7)cn6)CC5)ncc4C3)[C@H](OC)C2)CC(=O)[C@H](C)/C=C(\C)[C@@H](O)[C@@H](O)C(=O)[C@H](C)C[C@H](C)/C=C/C=C/C=C/1C. The number of pyridine rings is 1. The Morgan fingerprint density at radius 1 is 0.664 bits per heavy atom. The number of fused-ring (bicyclic) bond motifs is 7. The Balaban J connectivity index is 0.485. The number of piperazine rings is 2. The summed E-state index contributed by atoms with van der Waals surface area (Å²) in [5, 5.41) is 41.4. The van der Waals surface area contributed by atoms with Crippen molar-refractivity contribution in [2.75, 3.05) is 107 Å². The molecule has 16 rings (SSSR count). The van der Waals surface area contributed by atoms with Gasteiger partial charge in [0.15, 0.2) is 11.4 Å². The van der Waals surface area contributed by atoms with Gasteiger partial charge in [-0.15, -0.1) is 0 Å². The number of aliphatic hydroxyl groups excluding tert-OH is 2. The summed E-state index contributed by atoms with van der Waals surface area (Å²) < 4.78 is 32.5. The number of nitrogens with zero attached hydrogens (tertiary/aromatic N) is 18. The van der Waals surface area contributed by atoms with E-state index in [0.29, 0.717) is 194 Å². The molecule has 8 aromatic rings. The van der Waals surface area contributed by atoms with Gasteiger partial charge in [-0.05, 0) is 136 Å². The van der Waals surface area contributed by atoms with Gasteiger partial charge in [0.05, 0.1) is 53.6 Å². The number of carbonyl (C=O) groups is 8. The fourth-order valence-corrected chi connectivity index (χ4v) is 19.8. The molecule has 8 N–H and O–H groups in total. The van der Waals surface area contributed by atoms with Crippen LogP contribution in [0.25, 0.3) is 33.3 Å². The molecule has 4 amide bonds. The number of benzene rings is 1. The molecule has 0 unspecified atom stereocenters. The number of Topliss-reactive ketones (excluding diaryl/α,β-unsaturated/α-hetero) is 3. The number of ether oxygens (including phenoxy) is 5. The van der Waals surface area contributed by atoms with E-state index in [0.717, 1.165) is 55.0 Å². The first-order valence-corrected chi connectivity index (χ1v) is 46.8. The molecule has 1 aromatic carbocycles. The van der Waals surface area contributed by atoms with E-state index >= 15 is 0 Å². The zero-order chi connectivity index (χ0) is 94.3. The maximum Gasteiger partial charge on any atom is 0.410 e. The number of aromatic nitrogens is 12. The summed E-state index contributed by atoms with van der Waals surface area (Å²) in [6.07, 6.45) is 21.0. The summed E-state index contributed by atoms with van der Waals surface area (Å²) in [5.41, 5.74) is 23.0. The second kappa shape index (κ2) is 41.7. The highest BCUT2D eigenvalue weighted by Gasteiger charge is 2.54. The zero-order valence-electron chi connectivity index (χ0n) is 77.2. The number of methoxy groups -OCH3 is 2. The third-order valence-corrected chi connectivity index (χ3v) is 28.0. The van der Waals surface area contributed by atoms with Crippen LogP contribution in [0.2, 0.25) is 0 Å². The van der Waals surface area contributed by atoms with Gasteiger partial charge in [0.2, 0.25) is 23.6 Å². The second-order valence-corrected chi connectivity index (χ2v) is 37.2. The monoisotopic (exact) mass is 1840 g/mol. The van der Waals surface area contributed by atoms with Crippen LogP contribution in [0.15, 0.2) is 128 Å². The first-order chi connectivity index (χ1) is 64.6. The number of nitrogens with one attached hydrogen (secondary N) is 1. The summed E-state index contributed by atoms with van der Waals surface area (Å²) >= 11 is 0. The first-order valence-electron chi connectivity index (χ1n) is 46.8. The number of H-pyrrole nitrogens is 1. The minimum atomic E-state index is -2.52. The predicted molar refractivity (Wildman–Crippen MR) is 495 cm³/mol. The van der Waals surface area contributed by atoms with Gasteiger partial charge in [0.25, 0.3) is 23.5 Å². The molecule has 1 aliphatic carbocycles. The zero-order valence-corrected chi connectivity index (χ0v) is 77.2. The molecular weight excluding hydrogens is 1720 g/mol. The largest absolute Gasteiger partial charge is 0.459 e. The Hall–Kier alpha value is -12.3. The van der Waals surface area contributed by atoms with Crippen LogP contribution < -0.4 is 26.2 Å². The molecule has 134 heavy (non-hydrogen) atoms. The molecule has 37 nitrogen and oxygen atoms in total. The Bertz CT molecular complexity index is 5770. The molecule has 37 heteroatoms. The van der Waals surface area contributed by atoms with Crippen LogP contribution in [-0.2, 0) is 80.1 Å². The highest BCUT2D eigenvalue weighted by atomic mass is 16.6. The van der Waals surface area contributed by atoms with E-state index in [1.165, 1.54) is 19.3 Å². The minimum absolute atomic E-state index is 0.00767. The molecule has 1 saturated carbocycles. The van der Waals surface area contributed by atoms with Crippen molar-refractivity contribution in [3.8, 4) is 11.3 Å². The van der Waals surface area contributed by atoms with Gasteiger partial charge in [-0.2, -0.15) is 5.10 Å². The molecule has 15 atom stereocenters. The van der Waals surface area contributed by atoms with Crippen LogP contribution in [0, 0.1) is 29.6 Å². The molecule has 7 aliphatic heterocycles. The summed E-state index contributed by atoms with van der Waals surface area (Å²) in [7, 11) is 3.09. The van der Waals surface area contributed by atoms with Crippen LogP contribution in [0.4, 0.5) is 28.5 Å². The van der Waals surface area contributed by atoms with Crippen LogP contribution in [-0.4, -0.2) is 288 Å². The van der Waals surface area contributed by atoms with Crippen LogP contribution >= 0.6 is 0 Å². The molecule has 2 bridgehead atoms. The number of hydrogen-bond donors (Lipinski definition) is 6. The van der Waals surface area contributed by atoms with Gasteiger partial charge in [0.1, 0.15) is 59.7 Å². The number of nitrogen functional groups attached to an aromatic ring is 1. The molecule has 8 aliphatic rings. The van der Waals surface area contributed by atoms with Crippen LogP contribution in [0.3, 0.4) is 0 Å². The molecule has 7 aromatic heterocycles. The Labute approximate surface area is 777 Å². The van der Waals surface area contributed by atoms with E-state index in [1.54, 1.807) is 82.0 Å². The lowest BCUT2D eigenvalue weighted by Crippen LogP contribution is -2.61. The normalized spacial score (nSPS) is 28.1. The van der Waals surface area contributed by atoms with Crippen molar-refractivity contribution in [2.24, 2.45) is 35.3 Å². The number of cyclic esters (lactones) is 1. The van der Waals surface area contributed by atoms with Crippen LogP contribution in [0.5, 0.6) is 0 Å². The number of rotatable bonds is 14. The van der Waals surface area contributed by atoms with E-state index in [-0.39, 0.29) is 61.6 Å². The molecule has 0 radical (unpaired) electrons. The number of aliphatic hydroxyl groups is 3. The first kappa shape index (κ1) is 94.9. The fourth-order valence-electron chi connectivity index (χ4n) is 19.8. The third-order valence-electron chi connectivity index (χ3n) is 28.0. The molecule has 4 saturated heterocycles. The van der Waals surface area contributed by atoms with Gasteiger partial charge in [0, 0.05) is 196 Å². The number of aromatic amines is 1. The standard InChI is InChI=1S/C97H121N21O16/c1-56-14-10-9-11-15-57(2)77(130-7)44-71-21-17-61(6)97(129,134-71)85(123)91(126)117-27-13-12-16-74(117)92(127)132-78(45-75(119)58(3)39-60(5)83(121)84(122)82(120)59(4)38-56)72(98)41-62-19-22-76(79(42-62)131-8)133-96(128)116-29-25-73-70(54-116)51-106-95(109-73)114-36-34-113(35-37-114)94-102-47-68(48-103-94)89(124)111-30-32-112(33-31-111)93-104-49-69(50-105-93)90(125)115-28-24-64-40-63(18-20-66(64)53-115)52-118-88-80(86(99)107-55-108-88)81(110-118)67-43-65-23-26-100-87(65)101-46-67/h9-11,14-15,18,20,23,26,39-40,43,46-51,55-56,58-59,61-62,71-72,74,76-79,83-84,121-122,129H,12-13,16-17,19,21-22,24-25,27-38,41-42,44-45,52-54,98H2,1-8H3,(H,100,101)(H2,99,107,108)/b11-9+,14-10+,57-15+,60-39+/t56-,58-,59-,61-,62+,71+,72-,74+,76-,77+,78+,79-,83-,84+,97-/m1/s1. The maximum absolute atomic E-state index is 14.8. The maximum atomic E-state index is 14.8. The number of hydrogen-bond acceptors (Lipinski definition) is 31. The molecule has 710 valence electrons. The highest BCUT2D eigenvalue weighted by Crippen LogP contribution is 2.40. The van der Waals surface area contributed by atoms with Crippen molar-refractivity contribution >= 4 is 92.9 Å². The quantitative estimate of drug-likeness (QED) is 0.0347. The van der Waals surface area contributed by atoms with Gasteiger partial charge < -0.3 is 89.8 Å². The van der Waals surface area contributed by atoms with Crippen molar-refractivity contribution < 1.29 is 77.4 Å². The van der Waals surface area contributed by atoms with Gasteiger partial charge >= 0.3 is 12.1 Å². The Morgan fingerprint density at radius 3 is 2.08 bits per heavy atom. The summed E-state index contributed by atoms with van der Waals surface area (Å²) in [6, 6.07) is 7.99. The summed E-state index contributed by atoms with van der Waals surface area (Å²) in [6.45, 7) is 16.3. The minimum Gasteiger partial charge on any atom is -0.459 e. The summed E-state index contributed by atoms with van der Waals surface area (Å²) in [5.74, 6) is -7.83. The fraction of sp³-hybridized carbons (Fsp3) is 0.526. The van der Waals surface area contributed by atoms with Crippen LogP contribution in [0.1, 0.15) is 167 Å². The van der Waals surface area contributed by atoms with Crippen molar-refractivity contribution in [2.45, 2.75) is 212 Å². The van der Waals surface area contributed by atoms with Crippen molar-refractivity contribution in [1.29, 1.82) is 0 Å². The third kappa shape index (κ3) is 21.1. The number of nitrogens with two attached hydrogens (primary N) is 2. The predicted octanol–water partition coefficient (Wildman–Crippen LogP) is 7.59. The number of ketones is 3. The number of amides is 4. The molecule has 5 fully saturated rings. The Kier molecular flexibility index (Phi) is 29.5. The van der Waals surface area contributed by atoms with Gasteiger partial charge in [-0.3, -0.25) is 28.8 Å². The average Bonchev–Trinajstić information content (AvgIpc) is 1.55. The molecular formula is C97H121N21O16. The smallest absolute Gasteiger partial charge is 0.410 e. The van der Waals surface area contributed by atoms with Crippen molar-refractivity contribution in [3.05, 3.63) is 167 Å². The van der Waals surface area contributed by atoms with Gasteiger partial charge in [-0.1, -0.05) is 82.4 Å². The van der Waals surface area contributed by atoms with Crippen molar-refractivity contribution in [3.63, 3.8) is 0 Å². The molecule has 0 spiro atoms. The van der Waals surface area contributed by atoms with E-state index in [1.807, 2.05) is 77.0 Å². The Morgan fingerprint density at radius 2 is 1.36 bits per heavy atom. The van der Waals surface area contributed by atoms with Crippen molar-refractivity contribution in [1.82, 2.24) is 79.2 Å². The number of anilines is 4. The van der Waals surface area contributed by atoms with Gasteiger partial charge in [-0.25, -0.2) is 59.1 Å². The van der Waals surface area contributed by atoms with E-state index in [2.05, 4.69) is 67.9 Å². The van der Waals surface area contributed by atoms with E-state index in [4.69, 9.17) is 50.2 Å². The number of carbonyl (C=O) groups excluding carboxylic acids is 8. The number of piperidine rings is 1. The van der Waals surface area contributed by atoms with E-state index < -0.39 is 120 Å². The summed E-state index contributed by atoms with van der Waals surface area (Å²) in [4.78, 5) is 171. The molecule has 14 heterocycles.